The second-order valence-corrected chi connectivity index (χ2v) is 8.17. The Morgan fingerprint density at radius 3 is 2.36 bits per heavy atom. The molecule has 0 atom stereocenters. The molecule has 0 bridgehead atoms. The summed E-state index contributed by atoms with van der Waals surface area (Å²) in [6.45, 7) is 1.67. The van der Waals surface area contributed by atoms with Crippen LogP contribution in [0.3, 0.4) is 0 Å². The molecule has 0 saturated carbocycles. The number of sulfonamides is 1. The minimum Gasteiger partial charge on any atom is -0.279 e. The van der Waals surface area contributed by atoms with Gasteiger partial charge in [-0.3, -0.25) is 4.72 Å². The van der Waals surface area contributed by atoms with Gasteiger partial charge in [0.15, 0.2) is 0 Å². The van der Waals surface area contributed by atoms with Crippen molar-refractivity contribution in [2.45, 2.75) is 11.8 Å². The van der Waals surface area contributed by atoms with E-state index in [4.69, 9.17) is 0 Å². The topological polar surface area (TPSA) is 46.2 Å². The zero-order valence-corrected chi connectivity index (χ0v) is 15.7. The molecule has 0 aliphatic carbocycles. The zero-order valence-electron chi connectivity index (χ0n) is 13.3. The van der Waals surface area contributed by atoms with Gasteiger partial charge in [0, 0.05) is 10.0 Å². The van der Waals surface area contributed by atoms with Crippen LogP contribution in [0.2, 0.25) is 0 Å². The highest BCUT2D eigenvalue weighted by Crippen LogP contribution is 2.33. The van der Waals surface area contributed by atoms with Crippen LogP contribution in [-0.4, -0.2) is 8.42 Å². The number of hydrogen-bond acceptors (Lipinski definition) is 2. The van der Waals surface area contributed by atoms with Crippen molar-refractivity contribution in [1.29, 1.82) is 0 Å². The smallest absolute Gasteiger partial charge is 0.261 e. The summed E-state index contributed by atoms with van der Waals surface area (Å²) in [7, 11) is -3.80. The number of rotatable bonds is 4. The lowest BCUT2D eigenvalue weighted by molar-refractivity contribution is 0.601. The molecule has 0 saturated heterocycles. The normalized spacial score (nSPS) is 11.3. The highest BCUT2D eigenvalue weighted by molar-refractivity contribution is 9.10. The van der Waals surface area contributed by atoms with E-state index in [9.17, 15) is 12.8 Å². The van der Waals surface area contributed by atoms with Gasteiger partial charge in [-0.15, -0.1) is 0 Å². The molecular formula is C19H15BrFNO2S. The minimum atomic E-state index is -3.80. The molecule has 3 nitrogen and oxygen atoms in total. The summed E-state index contributed by atoms with van der Waals surface area (Å²) in [4.78, 5) is 0.129. The van der Waals surface area contributed by atoms with E-state index in [1.165, 1.54) is 24.3 Å². The fourth-order valence-electron chi connectivity index (χ4n) is 2.55. The van der Waals surface area contributed by atoms with Crippen molar-refractivity contribution in [3.63, 3.8) is 0 Å². The molecule has 6 heteroatoms. The van der Waals surface area contributed by atoms with Crippen molar-refractivity contribution in [3.05, 3.63) is 82.6 Å². The van der Waals surface area contributed by atoms with Crippen LogP contribution in [0, 0.1) is 12.7 Å². The molecule has 3 aromatic rings. The lowest BCUT2D eigenvalue weighted by Gasteiger charge is -2.16. The van der Waals surface area contributed by atoms with Gasteiger partial charge in [0.05, 0.1) is 10.6 Å². The molecule has 0 amide bonds. The number of benzene rings is 3. The third kappa shape index (κ3) is 3.91. The van der Waals surface area contributed by atoms with Gasteiger partial charge in [-0.25, -0.2) is 12.8 Å². The average molecular weight is 420 g/mol. The molecule has 3 rings (SSSR count). The predicted molar refractivity (Wildman–Crippen MR) is 102 cm³/mol. The lowest BCUT2D eigenvalue weighted by Crippen LogP contribution is -2.14. The molecule has 0 unspecified atom stereocenters. The van der Waals surface area contributed by atoms with Crippen LogP contribution < -0.4 is 4.72 Å². The van der Waals surface area contributed by atoms with Crippen LogP contribution >= 0.6 is 15.9 Å². The van der Waals surface area contributed by atoms with Crippen LogP contribution in [0.25, 0.3) is 11.1 Å². The Morgan fingerprint density at radius 1 is 0.960 bits per heavy atom. The van der Waals surface area contributed by atoms with Gasteiger partial charge in [0.2, 0.25) is 0 Å². The SMILES string of the molecule is Cc1cc(F)cc(-c2ccccc2)c1NS(=O)(=O)c1cccc(Br)c1. The zero-order chi connectivity index (χ0) is 18.0. The maximum Gasteiger partial charge on any atom is 0.261 e. The molecule has 3 aromatic carbocycles. The Bertz CT molecular complexity index is 1020. The van der Waals surface area contributed by atoms with E-state index in [1.54, 1.807) is 19.1 Å². The van der Waals surface area contributed by atoms with E-state index >= 15 is 0 Å². The Hall–Kier alpha value is -2.18. The number of halogens is 2. The fraction of sp³-hybridized carbons (Fsp3) is 0.0526. The quantitative estimate of drug-likeness (QED) is 0.617. The molecule has 0 spiro atoms. The highest BCUT2D eigenvalue weighted by atomic mass is 79.9. The summed E-state index contributed by atoms with van der Waals surface area (Å²) in [5.74, 6) is -0.415. The molecule has 0 aromatic heterocycles. The lowest BCUT2D eigenvalue weighted by atomic mass is 10.0. The van der Waals surface area contributed by atoms with Crippen LogP contribution in [0.5, 0.6) is 0 Å². The first-order valence-electron chi connectivity index (χ1n) is 7.51. The fourth-order valence-corrected chi connectivity index (χ4v) is 4.30. The minimum absolute atomic E-state index is 0.129. The van der Waals surface area contributed by atoms with E-state index in [1.807, 2.05) is 30.3 Å². The third-order valence-corrected chi connectivity index (χ3v) is 5.57. The van der Waals surface area contributed by atoms with Gasteiger partial charge in [-0.1, -0.05) is 52.3 Å². The van der Waals surface area contributed by atoms with Crippen molar-refractivity contribution in [2.75, 3.05) is 4.72 Å². The Balaban J connectivity index is 2.12. The average Bonchev–Trinajstić information content (AvgIpc) is 2.58. The summed E-state index contributed by atoms with van der Waals surface area (Å²) in [6.07, 6.45) is 0. The molecule has 128 valence electrons. The first-order chi connectivity index (χ1) is 11.9. The summed E-state index contributed by atoms with van der Waals surface area (Å²) in [6, 6.07) is 18.2. The second kappa shape index (κ2) is 6.98. The maximum atomic E-state index is 13.9. The van der Waals surface area contributed by atoms with E-state index in [0.29, 0.717) is 21.3 Å². The van der Waals surface area contributed by atoms with Crippen molar-refractivity contribution in [1.82, 2.24) is 0 Å². The molecule has 0 aliphatic heterocycles. The highest BCUT2D eigenvalue weighted by Gasteiger charge is 2.19. The van der Waals surface area contributed by atoms with Gasteiger partial charge >= 0.3 is 0 Å². The van der Waals surface area contributed by atoms with Crippen molar-refractivity contribution in [3.8, 4) is 11.1 Å². The third-order valence-electron chi connectivity index (χ3n) is 3.73. The van der Waals surface area contributed by atoms with E-state index in [0.717, 1.165) is 5.56 Å². The standard InChI is InChI=1S/C19H15BrFNO2S/c1-13-10-16(21)12-18(14-6-3-2-4-7-14)19(13)22-25(23,24)17-9-5-8-15(20)11-17/h2-12,22H,1H3. The first-order valence-corrected chi connectivity index (χ1v) is 9.78. The summed E-state index contributed by atoms with van der Waals surface area (Å²) >= 11 is 3.27. The van der Waals surface area contributed by atoms with E-state index in [2.05, 4.69) is 20.7 Å². The van der Waals surface area contributed by atoms with Crippen LogP contribution in [0.15, 0.2) is 76.1 Å². The molecule has 25 heavy (non-hydrogen) atoms. The molecule has 0 radical (unpaired) electrons. The summed E-state index contributed by atoms with van der Waals surface area (Å²) in [5.41, 5.74) is 2.11. The van der Waals surface area contributed by atoms with Crippen molar-refractivity contribution in [2.24, 2.45) is 0 Å². The van der Waals surface area contributed by atoms with Gasteiger partial charge in [0.1, 0.15) is 5.82 Å². The number of aryl methyl sites for hydroxylation is 1. The molecule has 1 N–H and O–H groups in total. The molecular weight excluding hydrogens is 405 g/mol. The van der Waals surface area contributed by atoms with Gasteiger partial charge in [0.25, 0.3) is 10.0 Å². The van der Waals surface area contributed by atoms with Crippen LogP contribution in [0.4, 0.5) is 10.1 Å². The van der Waals surface area contributed by atoms with Crippen LogP contribution in [-0.2, 0) is 10.0 Å². The largest absolute Gasteiger partial charge is 0.279 e. The Morgan fingerprint density at radius 2 is 1.68 bits per heavy atom. The number of hydrogen-bond donors (Lipinski definition) is 1. The summed E-state index contributed by atoms with van der Waals surface area (Å²) < 4.78 is 42.7. The molecule has 0 fully saturated rings. The van der Waals surface area contributed by atoms with E-state index in [-0.39, 0.29) is 4.90 Å². The summed E-state index contributed by atoms with van der Waals surface area (Å²) in [5, 5.41) is 0. The Labute approximate surface area is 154 Å². The number of anilines is 1. The van der Waals surface area contributed by atoms with Crippen molar-refractivity contribution >= 4 is 31.6 Å². The van der Waals surface area contributed by atoms with Gasteiger partial charge in [-0.2, -0.15) is 0 Å². The Kier molecular flexibility index (Phi) is 4.92. The van der Waals surface area contributed by atoms with Gasteiger partial charge in [-0.05, 0) is 48.4 Å². The second-order valence-electron chi connectivity index (χ2n) is 5.57. The first kappa shape index (κ1) is 17.6. The van der Waals surface area contributed by atoms with E-state index < -0.39 is 15.8 Å². The number of nitrogens with one attached hydrogen (secondary N) is 1. The molecule has 0 aliphatic rings. The maximum absolute atomic E-state index is 13.9. The predicted octanol–water partition coefficient (Wildman–Crippen LogP) is 5.36. The van der Waals surface area contributed by atoms with Crippen LogP contribution in [0.1, 0.15) is 5.56 Å². The van der Waals surface area contributed by atoms with Crippen molar-refractivity contribution < 1.29 is 12.8 Å². The monoisotopic (exact) mass is 419 g/mol. The molecule has 0 heterocycles. The van der Waals surface area contributed by atoms with Gasteiger partial charge < -0.3 is 0 Å².